The highest BCUT2D eigenvalue weighted by atomic mass is 32.1. The largest absolute Gasteiger partial charge is 0.322 e. The number of hydrogen-bond acceptors (Lipinski definition) is 2. The van der Waals surface area contributed by atoms with E-state index in [-0.39, 0.29) is 12.1 Å². The van der Waals surface area contributed by atoms with E-state index in [1.54, 1.807) is 0 Å². The van der Waals surface area contributed by atoms with E-state index in [1.807, 2.05) is 42.5 Å². The summed E-state index contributed by atoms with van der Waals surface area (Å²) in [5, 5.41) is 4.52. The van der Waals surface area contributed by atoms with E-state index in [9.17, 15) is 4.79 Å². The number of thiophene rings is 1. The molecule has 3 aromatic rings. The van der Waals surface area contributed by atoms with Gasteiger partial charge in [0.05, 0.1) is 12.6 Å². The van der Waals surface area contributed by atoms with Gasteiger partial charge in [-0.05, 0) is 67.9 Å². The molecule has 30 heavy (non-hydrogen) atoms. The maximum atomic E-state index is 13.6. The van der Waals surface area contributed by atoms with Gasteiger partial charge in [0.15, 0.2) is 0 Å². The molecule has 1 aliphatic heterocycles. The highest BCUT2D eigenvalue weighted by Crippen LogP contribution is 2.44. The Bertz CT molecular complexity index is 1090. The summed E-state index contributed by atoms with van der Waals surface area (Å²) < 4.78 is 2.35. The fourth-order valence-electron chi connectivity index (χ4n) is 5.02. The number of fused-ring (bicyclic) bond motifs is 5. The lowest BCUT2D eigenvalue weighted by Crippen LogP contribution is -2.39. The van der Waals surface area contributed by atoms with Crippen molar-refractivity contribution in [2.45, 2.75) is 59.0 Å². The summed E-state index contributed by atoms with van der Waals surface area (Å²) in [6, 6.07) is 12.3. The van der Waals surface area contributed by atoms with Crippen molar-refractivity contribution in [3.8, 4) is 5.00 Å². The lowest BCUT2D eigenvalue weighted by Gasteiger charge is -2.33. The average molecular weight is 420 g/mol. The summed E-state index contributed by atoms with van der Waals surface area (Å²) >= 11 is 1.94. The maximum absolute atomic E-state index is 13.6. The number of aryl methyl sites for hydroxylation is 2. The molecule has 156 valence electrons. The van der Waals surface area contributed by atoms with E-state index in [0.717, 1.165) is 17.7 Å². The molecule has 0 saturated carbocycles. The molecule has 0 unspecified atom stereocenters. The number of hydrogen-bond donors (Lipinski definition) is 1. The number of rotatable bonds is 2. The average Bonchev–Trinajstić information content (AvgIpc) is 3.31. The van der Waals surface area contributed by atoms with E-state index >= 15 is 0 Å². The predicted molar refractivity (Wildman–Crippen MR) is 124 cm³/mol. The molecule has 1 atom stereocenters. The zero-order valence-corrected chi connectivity index (χ0v) is 18.8. The smallest absolute Gasteiger partial charge is 0.311 e. The van der Waals surface area contributed by atoms with Gasteiger partial charge < -0.3 is 14.8 Å². The van der Waals surface area contributed by atoms with Crippen LogP contribution < -0.4 is 5.32 Å². The predicted octanol–water partition coefficient (Wildman–Crippen LogP) is 6.47. The Kier molecular flexibility index (Phi) is 4.94. The molecule has 0 saturated heterocycles. The molecule has 2 aliphatic rings. The van der Waals surface area contributed by atoms with Crippen molar-refractivity contribution in [3.63, 3.8) is 0 Å². The SMILES string of the molecule is Cc1ccccc1NC(=O)N1Cc2c(sc3c2CCCC3)-n2cccc2[C@H]1C(C)C. The molecule has 2 amide bonds. The first kappa shape index (κ1) is 19.4. The van der Waals surface area contributed by atoms with Crippen LogP contribution in [0.4, 0.5) is 10.5 Å². The van der Waals surface area contributed by atoms with Gasteiger partial charge in [-0.2, -0.15) is 0 Å². The summed E-state index contributed by atoms with van der Waals surface area (Å²) in [6.07, 6.45) is 7.01. The third-order valence-electron chi connectivity index (χ3n) is 6.50. The Labute approximate surface area is 182 Å². The van der Waals surface area contributed by atoms with E-state index in [0.29, 0.717) is 12.5 Å². The molecular formula is C25H29N3OS. The molecule has 1 aromatic carbocycles. The summed E-state index contributed by atoms with van der Waals surface area (Å²) in [7, 11) is 0. The van der Waals surface area contributed by atoms with Crippen LogP contribution in [0.15, 0.2) is 42.6 Å². The minimum absolute atomic E-state index is 0.0145. The minimum Gasteiger partial charge on any atom is -0.311 e. The summed E-state index contributed by atoms with van der Waals surface area (Å²) in [4.78, 5) is 17.2. The van der Waals surface area contributed by atoms with Crippen molar-refractivity contribution in [2.75, 3.05) is 5.32 Å². The van der Waals surface area contributed by atoms with Crippen LogP contribution in [0.3, 0.4) is 0 Å². The van der Waals surface area contributed by atoms with Crippen LogP contribution in [0.1, 0.15) is 60.0 Å². The van der Waals surface area contributed by atoms with Crippen LogP contribution in [0.25, 0.3) is 5.00 Å². The number of anilines is 1. The van der Waals surface area contributed by atoms with Gasteiger partial charge in [-0.25, -0.2) is 4.79 Å². The third kappa shape index (κ3) is 3.16. The number of aromatic nitrogens is 1. The molecular weight excluding hydrogens is 390 g/mol. The number of carbonyl (C=O) groups is 1. The molecule has 0 spiro atoms. The van der Waals surface area contributed by atoms with Crippen molar-refractivity contribution in [3.05, 3.63) is 69.9 Å². The van der Waals surface area contributed by atoms with Crippen molar-refractivity contribution in [1.82, 2.24) is 9.47 Å². The van der Waals surface area contributed by atoms with Gasteiger partial charge in [-0.1, -0.05) is 32.0 Å². The van der Waals surface area contributed by atoms with Crippen molar-refractivity contribution >= 4 is 23.1 Å². The number of urea groups is 1. The molecule has 0 fully saturated rings. The first-order valence-corrected chi connectivity index (χ1v) is 11.8. The van der Waals surface area contributed by atoms with Crippen LogP contribution in [0.2, 0.25) is 0 Å². The first-order chi connectivity index (χ1) is 14.5. The minimum atomic E-state index is -0.0145. The highest BCUT2D eigenvalue weighted by molar-refractivity contribution is 7.15. The van der Waals surface area contributed by atoms with E-state index in [2.05, 4.69) is 47.0 Å². The van der Waals surface area contributed by atoms with E-state index in [4.69, 9.17) is 0 Å². The lowest BCUT2D eigenvalue weighted by molar-refractivity contribution is 0.161. The zero-order chi connectivity index (χ0) is 20.8. The maximum Gasteiger partial charge on any atom is 0.322 e. The van der Waals surface area contributed by atoms with Crippen LogP contribution in [0, 0.1) is 12.8 Å². The summed E-state index contributed by atoms with van der Waals surface area (Å²) in [5.74, 6) is 0.311. The van der Waals surface area contributed by atoms with Gasteiger partial charge in [0.1, 0.15) is 5.00 Å². The standard InChI is InChI=1S/C25H29N3OS/c1-16(2)23-21-12-8-14-27(21)24-19(18-10-5-7-13-22(18)30-24)15-28(23)25(29)26-20-11-6-4-9-17(20)3/h4,6,8-9,11-12,14,16,23H,5,7,10,13,15H2,1-3H3,(H,26,29)/t23-/m1/s1. The molecule has 5 heteroatoms. The number of para-hydroxylation sites is 1. The van der Waals surface area contributed by atoms with Crippen molar-refractivity contribution in [2.24, 2.45) is 5.92 Å². The van der Waals surface area contributed by atoms with Gasteiger partial charge in [0.2, 0.25) is 0 Å². The Morgan fingerprint density at radius 3 is 2.70 bits per heavy atom. The molecule has 1 N–H and O–H groups in total. The Morgan fingerprint density at radius 2 is 1.90 bits per heavy atom. The van der Waals surface area contributed by atoms with Crippen LogP contribution >= 0.6 is 11.3 Å². The van der Waals surface area contributed by atoms with E-state index < -0.39 is 0 Å². The first-order valence-electron chi connectivity index (χ1n) is 11.0. The van der Waals surface area contributed by atoms with Gasteiger partial charge in [0, 0.05) is 28.0 Å². The number of amides is 2. The lowest BCUT2D eigenvalue weighted by atomic mass is 9.94. The highest BCUT2D eigenvalue weighted by Gasteiger charge is 2.36. The van der Waals surface area contributed by atoms with Gasteiger partial charge in [-0.3, -0.25) is 0 Å². The molecule has 0 radical (unpaired) electrons. The fourth-order valence-corrected chi connectivity index (χ4v) is 6.43. The van der Waals surface area contributed by atoms with E-state index in [1.165, 1.54) is 46.0 Å². The quantitative estimate of drug-likeness (QED) is 0.508. The van der Waals surface area contributed by atoms with Crippen LogP contribution in [-0.2, 0) is 19.4 Å². The monoisotopic (exact) mass is 419 g/mol. The van der Waals surface area contributed by atoms with Crippen LogP contribution in [0.5, 0.6) is 0 Å². The summed E-state index contributed by atoms with van der Waals surface area (Å²) in [6.45, 7) is 7.13. The Morgan fingerprint density at radius 1 is 1.10 bits per heavy atom. The molecule has 2 aromatic heterocycles. The van der Waals surface area contributed by atoms with Gasteiger partial charge in [0.25, 0.3) is 0 Å². The second-order valence-electron chi connectivity index (χ2n) is 8.86. The molecule has 4 nitrogen and oxygen atoms in total. The number of benzene rings is 1. The second-order valence-corrected chi connectivity index (χ2v) is 9.94. The molecule has 0 bridgehead atoms. The Hall–Kier alpha value is -2.53. The molecule has 1 aliphatic carbocycles. The summed E-state index contributed by atoms with van der Waals surface area (Å²) in [5.41, 5.74) is 6.03. The van der Waals surface area contributed by atoms with Gasteiger partial charge in [-0.15, -0.1) is 11.3 Å². The zero-order valence-electron chi connectivity index (χ0n) is 17.9. The number of nitrogens with zero attached hydrogens (tertiary/aromatic N) is 2. The van der Waals surface area contributed by atoms with Gasteiger partial charge >= 0.3 is 6.03 Å². The molecule has 5 rings (SSSR count). The van der Waals surface area contributed by atoms with Crippen molar-refractivity contribution in [1.29, 1.82) is 0 Å². The molecule has 3 heterocycles. The number of nitrogens with one attached hydrogen (secondary N) is 1. The second kappa shape index (κ2) is 7.62. The number of carbonyl (C=O) groups excluding carboxylic acids is 1. The fraction of sp³-hybridized carbons (Fsp3) is 0.400. The normalized spacial score (nSPS) is 17.9. The Balaban J connectivity index is 1.61. The topological polar surface area (TPSA) is 37.3 Å². The van der Waals surface area contributed by atoms with Crippen LogP contribution in [-0.4, -0.2) is 15.5 Å². The van der Waals surface area contributed by atoms with Crippen molar-refractivity contribution < 1.29 is 4.79 Å². The third-order valence-corrected chi connectivity index (χ3v) is 7.84.